The lowest BCUT2D eigenvalue weighted by atomic mass is 10.1. The molecule has 1 amide bonds. The van der Waals surface area contributed by atoms with E-state index in [1.54, 1.807) is 18.2 Å². The predicted octanol–water partition coefficient (Wildman–Crippen LogP) is 1.36. The van der Waals surface area contributed by atoms with Crippen LogP contribution < -0.4 is 15.8 Å². The van der Waals surface area contributed by atoms with E-state index >= 15 is 0 Å². The number of hydrogen-bond acceptors (Lipinski definition) is 6. The summed E-state index contributed by atoms with van der Waals surface area (Å²) in [7, 11) is 1.45. The summed E-state index contributed by atoms with van der Waals surface area (Å²) in [6.45, 7) is 0.143. The number of amides is 1. The van der Waals surface area contributed by atoms with Gasteiger partial charge < -0.3 is 20.9 Å². The average molecular weight is 307 g/mol. The van der Waals surface area contributed by atoms with Crippen LogP contribution in [0.25, 0.3) is 0 Å². The molecule has 21 heavy (non-hydrogen) atoms. The minimum absolute atomic E-state index is 0.0330. The Kier molecular flexibility index (Phi) is 4.39. The first-order valence-electron chi connectivity index (χ1n) is 5.90. The van der Waals surface area contributed by atoms with Crippen LogP contribution in [0.1, 0.15) is 25.9 Å². The van der Waals surface area contributed by atoms with Crippen LogP contribution in [0.2, 0.25) is 0 Å². The van der Waals surface area contributed by atoms with Crippen molar-refractivity contribution in [1.29, 1.82) is 0 Å². The number of anilines is 1. The second-order valence-electron chi connectivity index (χ2n) is 4.07. The van der Waals surface area contributed by atoms with Crippen LogP contribution >= 0.6 is 11.3 Å². The van der Waals surface area contributed by atoms with E-state index in [0.29, 0.717) is 22.0 Å². The number of thiazole rings is 1. The number of carboxylic acid groups (broad SMARTS) is 1. The maximum atomic E-state index is 12.1. The van der Waals surface area contributed by atoms with Crippen molar-refractivity contribution in [3.63, 3.8) is 0 Å². The zero-order chi connectivity index (χ0) is 15.4. The molecule has 0 unspecified atom stereocenters. The van der Waals surface area contributed by atoms with E-state index in [0.717, 1.165) is 0 Å². The highest BCUT2D eigenvalue weighted by molar-refractivity contribution is 7.09. The number of methoxy groups -OCH3 is 1. The van der Waals surface area contributed by atoms with E-state index in [1.165, 1.54) is 23.8 Å². The molecule has 7 nitrogen and oxygen atoms in total. The van der Waals surface area contributed by atoms with Gasteiger partial charge in [-0.15, -0.1) is 11.3 Å². The van der Waals surface area contributed by atoms with Crippen molar-refractivity contribution in [1.82, 2.24) is 10.3 Å². The van der Waals surface area contributed by atoms with Gasteiger partial charge in [0.05, 0.1) is 19.2 Å². The molecule has 0 aliphatic rings. The molecule has 0 spiro atoms. The molecule has 1 heterocycles. The zero-order valence-corrected chi connectivity index (χ0v) is 11.9. The lowest BCUT2D eigenvalue weighted by Crippen LogP contribution is -2.23. The Morgan fingerprint density at radius 2 is 2.24 bits per heavy atom. The van der Waals surface area contributed by atoms with Gasteiger partial charge in [0, 0.05) is 17.1 Å². The maximum Gasteiger partial charge on any atom is 0.355 e. The van der Waals surface area contributed by atoms with Crippen LogP contribution in [0.4, 0.5) is 5.69 Å². The Labute approximate surface area is 124 Å². The van der Waals surface area contributed by atoms with Gasteiger partial charge in [0.2, 0.25) is 0 Å². The number of aromatic nitrogens is 1. The number of nitrogens with two attached hydrogens (primary N) is 1. The van der Waals surface area contributed by atoms with Gasteiger partial charge in [-0.2, -0.15) is 0 Å². The fourth-order valence-corrected chi connectivity index (χ4v) is 2.34. The highest BCUT2D eigenvalue weighted by Crippen LogP contribution is 2.21. The van der Waals surface area contributed by atoms with Crippen molar-refractivity contribution >= 4 is 28.9 Å². The number of rotatable bonds is 5. The number of aromatic carboxylic acids is 1. The van der Waals surface area contributed by atoms with Gasteiger partial charge in [0.1, 0.15) is 10.8 Å². The summed E-state index contributed by atoms with van der Waals surface area (Å²) in [5, 5.41) is 13.4. The molecular weight excluding hydrogens is 294 g/mol. The number of carbonyl (C=O) groups is 2. The van der Waals surface area contributed by atoms with Crippen molar-refractivity contribution < 1.29 is 19.4 Å². The SMILES string of the molecule is COc1cc(N)ccc1C(=O)NCc1nc(C(=O)O)cs1. The Morgan fingerprint density at radius 1 is 1.48 bits per heavy atom. The average Bonchev–Trinajstić information content (AvgIpc) is 2.93. The van der Waals surface area contributed by atoms with Gasteiger partial charge in [-0.25, -0.2) is 9.78 Å². The van der Waals surface area contributed by atoms with Gasteiger partial charge in [0.15, 0.2) is 5.69 Å². The quantitative estimate of drug-likeness (QED) is 0.719. The number of nitrogens with zero attached hydrogens (tertiary/aromatic N) is 1. The third-order valence-corrected chi connectivity index (χ3v) is 3.49. The summed E-state index contributed by atoms with van der Waals surface area (Å²) in [5.74, 6) is -1.07. The number of hydrogen-bond donors (Lipinski definition) is 3. The summed E-state index contributed by atoms with van der Waals surface area (Å²) >= 11 is 1.17. The van der Waals surface area contributed by atoms with Gasteiger partial charge >= 0.3 is 5.97 Å². The number of benzene rings is 1. The number of nitrogens with one attached hydrogen (secondary N) is 1. The lowest BCUT2D eigenvalue weighted by molar-refractivity contribution is 0.0691. The minimum atomic E-state index is -1.09. The molecule has 4 N–H and O–H groups in total. The molecule has 0 saturated heterocycles. The second kappa shape index (κ2) is 6.23. The van der Waals surface area contributed by atoms with Gasteiger partial charge in [-0.3, -0.25) is 4.79 Å². The Morgan fingerprint density at radius 3 is 2.86 bits per heavy atom. The van der Waals surface area contributed by atoms with E-state index in [9.17, 15) is 9.59 Å². The third kappa shape index (κ3) is 3.48. The molecule has 0 fully saturated rings. The predicted molar refractivity (Wildman–Crippen MR) is 77.6 cm³/mol. The Bertz CT molecular complexity index is 684. The van der Waals surface area contributed by atoms with Crippen LogP contribution in [-0.4, -0.2) is 29.1 Å². The van der Waals surface area contributed by atoms with E-state index < -0.39 is 5.97 Å². The summed E-state index contributed by atoms with van der Waals surface area (Å²) in [4.78, 5) is 26.7. The van der Waals surface area contributed by atoms with E-state index in [4.69, 9.17) is 15.6 Å². The normalized spacial score (nSPS) is 10.1. The summed E-state index contributed by atoms with van der Waals surface area (Å²) < 4.78 is 5.10. The topological polar surface area (TPSA) is 115 Å². The van der Waals surface area contributed by atoms with E-state index in [2.05, 4.69) is 10.3 Å². The van der Waals surface area contributed by atoms with Crippen molar-refractivity contribution in [2.75, 3.05) is 12.8 Å². The molecule has 1 aromatic carbocycles. The van der Waals surface area contributed by atoms with Crippen LogP contribution in [0, 0.1) is 0 Å². The zero-order valence-electron chi connectivity index (χ0n) is 11.1. The van der Waals surface area contributed by atoms with Gasteiger partial charge in [0.25, 0.3) is 5.91 Å². The van der Waals surface area contributed by atoms with Crippen molar-refractivity contribution in [3.05, 3.63) is 39.8 Å². The molecule has 0 saturated carbocycles. The first-order valence-corrected chi connectivity index (χ1v) is 6.78. The number of carbonyl (C=O) groups excluding carboxylic acids is 1. The smallest absolute Gasteiger partial charge is 0.355 e. The molecule has 8 heteroatoms. The standard InChI is InChI=1S/C13H13N3O4S/c1-20-10-4-7(14)2-3-8(10)12(17)15-5-11-16-9(6-21-11)13(18)19/h2-4,6H,5,14H2,1H3,(H,15,17)(H,18,19). The van der Waals surface area contributed by atoms with Gasteiger partial charge in [-0.1, -0.05) is 0 Å². The van der Waals surface area contributed by atoms with Crippen LogP contribution in [-0.2, 0) is 6.54 Å². The van der Waals surface area contributed by atoms with Crippen molar-refractivity contribution in [2.24, 2.45) is 0 Å². The second-order valence-corrected chi connectivity index (χ2v) is 5.02. The summed E-state index contributed by atoms with van der Waals surface area (Å²) in [5.41, 5.74) is 6.43. The molecule has 2 aromatic rings. The van der Waals surface area contributed by atoms with E-state index in [1.807, 2.05) is 0 Å². The van der Waals surface area contributed by atoms with Crippen LogP contribution in [0.5, 0.6) is 5.75 Å². The fourth-order valence-electron chi connectivity index (χ4n) is 1.64. The summed E-state index contributed by atoms with van der Waals surface area (Å²) in [6.07, 6.45) is 0. The lowest BCUT2D eigenvalue weighted by Gasteiger charge is -2.09. The number of nitrogen functional groups attached to an aromatic ring is 1. The van der Waals surface area contributed by atoms with Gasteiger partial charge in [-0.05, 0) is 12.1 Å². The highest BCUT2D eigenvalue weighted by Gasteiger charge is 2.14. The molecule has 0 atom stereocenters. The maximum absolute atomic E-state index is 12.1. The first kappa shape index (κ1) is 14.8. The molecular formula is C13H13N3O4S. The third-order valence-electron chi connectivity index (χ3n) is 2.64. The van der Waals surface area contributed by atoms with Crippen LogP contribution in [0.3, 0.4) is 0 Å². The molecule has 110 valence electrons. The number of carboxylic acids is 1. The highest BCUT2D eigenvalue weighted by atomic mass is 32.1. The molecule has 0 bridgehead atoms. The Hall–Kier alpha value is -2.61. The molecule has 1 aromatic heterocycles. The Balaban J connectivity index is 2.06. The van der Waals surface area contributed by atoms with Crippen molar-refractivity contribution in [2.45, 2.75) is 6.54 Å². The number of ether oxygens (including phenoxy) is 1. The van der Waals surface area contributed by atoms with Crippen molar-refractivity contribution in [3.8, 4) is 5.75 Å². The first-order chi connectivity index (χ1) is 10.0. The molecule has 0 radical (unpaired) electrons. The van der Waals surface area contributed by atoms with Crippen LogP contribution in [0.15, 0.2) is 23.6 Å². The van der Waals surface area contributed by atoms with E-state index in [-0.39, 0.29) is 18.1 Å². The minimum Gasteiger partial charge on any atom is -0.496 e. The molecule has 0 aliphatic heterocycles. The molecule has 0 aliphatic carbocycles. The fraction of sp³-hybridized carbons (Fsp3) is 0.154. The largest absolute Gasteiger partial charge is 0.496 e. The molecule has 2 rings (SSSR count). The monoisotopic (exact) mass is 307 g/mol. The summed E-state index contributed by atoms with van der Waals surface area (Å²) in [6, 6.07) is 4.72.